The van der Waals surface area contributed by atoms with E-state index in [1.807, 2.05) is 45.0 Å². The number of aryl methyl sites for hydroxylation is 2. The smallest absolute Gasteiger partial charge is 0.264 e. The van der Waals surface area contributed by atoms with Crippen molar-refractivity contribution in [2.45, 2.75) is 25.7 Å². The molecule has 0 atom stereocenters. The number of anilines is 2. The Morgan fingerprint density at radius 3 is 2.28 bits per heavy atom. The highest BCUT2D eigenvalue weighted by Gasteiger charge is 2.27. The SMILES string of the molecule is Cc1cccc(N(CC(=O)Nc2cccc(C)c2C)S(=O)(=O)c2ccccc2)c1. The van der Waals surface area contributed by atoms with Gasteiger partial charge in [0.2, 0.25) is 5.91 Å². The second kappa shape index (κ2) is 8.49. The summed E-state index contributed by atoms with van der Waals surface area (Å²) in [7, 11) is -3.90. The van der Waals surface area contributed by atoms with Gasteiger partial charge in [-0.05, 0) is 67.8 Å². The summed E-state index contributed by atoms with van der Waals surface area (Å²) in [5.74, 6) is -0.403. The molecular formula is C23H24N2O3S. The lowest BCUT2D eigenvalue weighted by molar-refractivity contribution is -0.114. The highest BCUT2D eigenvalue weighted by Crippen LogP contribution is 2.25. The molecule has 0 radical (unpaired) electrons. The topological polar surface area (TPSA) is 66.5 Å². The van der Waals surface area contributed by atoms with Crippen LogP contribution in [0.25, 0.3) is 0 Å². The zero-order chi connectivity index (χ0) is 21.0. The van der Waals surface area contributed by atoms with Crippen LogP contribution in [-0.2, 0) is 14.8 Å². The van der Waals surface area contributed by atoms with Gasteiger partial charge in [-0.15, -0.1) is 0 Å². The van der Waals surface area contributed by atoms with E-state index in [0.717, 1.165) is 21.0 Å². The highest BCUT2D eigenvalue weighted by atomic mass is 32.2. The summed E-state index contributed by atoms with van der Waals surface area (Å²) in [4.78, 5) is 12.9. The fourth-order valence-corrected chi connectivity index (χ4v) is 4.46. The number of nitrogens with zero attached hydrogens (tertiary/aromatic N) is 1. The summed E-state index contributed by atoms with van der Waals surface area (Å²) >= 11 is 0. The molecule has 1 amide bonds. The van der Waals surface area contributed by atoms with E-state index >= 15 is 0 Å². The Bertz CT molecular complexity index is 1130. The Morgan fingerprint density at radius 1 is 0.897 bits per heavy atom. The zero-order valence-electron chi connectivity index (χ0n) is 16.7. The van der Waals surface area contributed by atoms with E-state index in [1.54, 1.807) is 36.4 Å². The molecule has 0 saturated carbocycles. The van der Waals surface area contributed by atoms with Crippen molar-refractivity contribution in [3.63, 3.8) is 0 Å². The van der Waals surface area contributed by atoms with E-state index in [1.165, 1.54) is 12.1 Å². The normalized spacial score (nSPS) is 11.1. The first kappa shape index (κ1) is 20.6. The van der Waals surface area contributed by atoms with Crippen LogP contribution < -0.4 is 9.62 Å². The second-order valence-corrected chi connectivity index (χ2v) is 8.82. The molecule has 0 aliphatic rings. The van der Waals surface area contributed by atoms with Crippen LogP contribution in [0.3, 0.4) is 0 Å². The van der Waals surface area contributed by atoms with Gasteiger partial charge in [-0.25, -0.2) is 8.42 Å². The zero-order valence-corrected chi connectivity index (χ0v) is 17.5. The number of amides is 1. The van der Waals surface area contributed by atoms with Gasteiger partial charge in [0.1, 0.15) is 6.54 Å². The summed E-state index contributed by atoms with van der Waals surface area (Å²) in [6.07, 6.45) is 0. The van der Waals surface area contributed by atoms with Gasteiger partial charge < -0.3 is 5.32 Å². The van der Waals surface area contributed by atoms with Crippen LogP contribution in [0.5, 0.6) is 0 Å². The Balaban J connectivity index is 1.96. The van der Waals surface area contributed by atoms with Crippen molar-refractivity contribution in [1.29, 1.82) is 0 Å². The number of rotatable bonds is 6. The maximum absolute atomic E-state index is 13.3. The molecule has 3 aromatic carbocycles. The predicted octanol–water partition coefficient (Wildman–Crippen LogP) is 4.45. The predicted molar refractivity (Wildman–Crippen MR) is 117 cm³/mol. The molecule has 6 heteroatoms. The molecule has 0 aliphatic carbocycles. The van der Waals surface area contributed by atoms with Crippen molar-refractivity contribution in [2.24, 2.45) is 0 Å². The highest BCUT2D eigenvalue weighted by molar-refractivity contribution is 7.92. The van der Waals surface area contributed by atoms with Gasteiger partial charge in [0.25, 0.3) is 10.0 Å². The molecule has 3 aromatic rings. The van der Waals surface area contributed by atoms with Crippen LogP contribution in [0.1, 0.15) is 16.7 Å². The number of carbonyl (C=O) groups excluding carboxylic acids is 1. The molecule has 5 nitrogen and oxygen atoms in total. The summed E-state index contributed by atoms with van der Waals surface area (Å²) in [5, 5.41) is 2.84. The first-order chi connectivity index (χ1) is 13.8. The van der Waals surface area contributed by atoms with Crippen molar-refractivity contribution in [1.82, 2.24) is 0 Å². The standard InChI is InChI=1S/C23H24N2O3S/c1-17-9-7-11-20(15-17)25(29(27,28)21-12-5-4-6-13-21)16-23(26)24-22-14-8-10-18(2)19(22)3/h4-15H,16H2,1-3H3,(H,24,26). The summed E-state index contributed by atoms with van der Waals surface area (Å²) in [6, 6.07) is 20.9. The monoisotopic (exact) mass is 408 g/mol. The number of sulfonamides is 1. The van der Waals surface area contributed by atoms with Crippen LogP contribution in [-0.4, -0.2) is 20.9 Å². The van der Waals surface area contributed by atoms with Crippen LogP contribution >= 0.6 is 0 Å². The van der Waals surface area contributed by atoms with Crippen LogP contribution in [0, 0.1) is 20.8 Å². The van der Waals surface area contributed by atoms with Crippen molar-refractivity contribution in [2.75, 3.05) is 16.2 Å². The van der Waals surface area contributed by atoms with E-state index < -0.39 is 15.9 Å². The lowest BCUT2D eigenvalue weighted by Gasteiger charge is -2.24. The van der Waals surface area contributed by atoms with Gasteiger partial charge in [0.15, 0.2) is 0 Å². The summed E-state index contributed by atoms with van der Waals surface area (Å²) in [6.45, 7) is 5.44. The average molecular weight is 409 g/mol. The fourth-order valence-electron chi connectivity index (χ4n) is 3.02. The molecule has 3 rings (SSSR count). The lowest BCUT2D eigenvalue weighted by Crippen LogP contribution is -2.38. The van der Waals surface area contributed by atoms with Gasteiger partial charge in [0.05, 0.1) is 10.6 Å². The minimum absolute atomic E-state index is 0.140. The van der Waals surface area contributed by atoms with Gasteiger partial charge in [-0.2, -0.15) is 0 Å². The third kappa shape index (κ3) is 4.66. The molecule has 1 N–H and O–H groups in total. The van der Waals surface area contributed by atoms with Gasteiger partial charge >= 0.3 is 0 Å². The molecule has 0 fully saturated rings. The molecule has 150 valence electrons. The number of hydrogen-bond acceptors (Lipinski definition) is 3. The maximum Gasteiger partial charge on any atom is 0.264 e. The van der Waals surface area contributed by atoms with Crippen LogP contribution in [0.15, 0.2) is 77.7 Å². The first-order valence-corrected chi connectivity index (χ1v) is 10.7. The fraction of sp³-hybridized carbons (Fsp3) is 0.174. The summed E-state index contributed by atoms with van der Waals surface area (Å²) in [5.41, 5.74) is 4.04. The minimum Gasteiger partial charge on any atom is -0.324 e. The maximum atomic E-state index is 13.3. The second-order valence-electron chi connectivity index (χ2n) is 6.96. The third-order valence-corrected chi connectivity index (χ3v) is 6.57. The van der Waals surface area contributed by atoms with E-state index in [-0.39, 0.29) is 11.4 Å². The molecule has 0 saturated heterocycles. The first-order valence-electron chi connectivity index (χ1n) is 9.29. The molecule has 0 heterocycles. The Labute approximate surface area is 172 Å². The number of hydrogen-bond donors (Lipinski definition) is 1. The average Bonchev–Trinajstić information content (AvgIpc) is 2.70. The number of nitrogens with one attached hydrogen (secondary N) is 1. The van der Waals surface area contributed by atoms with Gasteiger partial charge in [-0.1, -0.05) is 42.5 Å². The number of benzene rings is 3. The van der Waals surface area contributed by atoms with Crippen LogP contribution in [0.4, 0.5) is 11.4 Å². The van der Waals surface area contributed by atoms with Crippen molar-refractivity contribution < 1.29 is 13.2 Å². The molecule has 0 unspecified atom stereocenters. The summed E-state index contributed by atoms with van der Waals surface area (Å²) < 4.78 is 27.7. The third-order valence-electron chi connectivity index (χ3n) is 4.79. The largest absolute Gasteiger partial charge is 0.324 e. The van der Waals surface area contributed by atoms with Crippen LogP contribution in [0.2, 0.25) is 0 Å². The van der Waals surface area contributed by atoms with Crippen molar-refractivity contribution in [3.8, 4) is 0 Å². The Kier molecular flexibility index (Phi) is 6.03. The Morgan fingerprint density at radius 2 is 1.59 bits per heavy atom. The quantitative estimate of drug-likeness (QED) is 0.655. The number of carbonyl (C=O) groups is 1. The Hall–Kier alpha value is -3.12. The molecule has 0 spiro atoms. The van der Waals surface area contributed by atoms with Gasteiger partial charge in [-0.3, -0.25) is 9.10 Å². The van der Waals surface area contributed by atoms with E-state index in [4.69, 9.17) is 0 Å². The van der Waals surface area contributed by atoms with Crippen molar-refractivity contribution >= 4 is 27.3 Å². The van der Waals surface area contributed by atoms with E-state index in [0.29, 0.717) is 11.4 Å². The molecule has 0 aromatic heterocycles. The molecule has 29 heavy (non-hydrogen) atoms. The van der Waals surface area contributed by atoms with Gasteiger partial charge in [0, 0.05) is 5.69 Å². The van der Waals surface area contributed by atoms with Crippen molar-refractivity contribution in [3.05, 3.63) is 89.5 Å². The van der Waals surface area contributed by atoms with E-state index in [9.17, 15) is 13.2 Å². The molecule has 0 bridgehead atoms. The van der Waals surface area contributed by atoms with E-state index in [2.05, 4.69) is 5.32 Å². The lowest BCUT2D eigenvalue weighted by atomic mass is 10.1. The molecule has 0 aliphatic heterocycles. The minimum atomic E-state index is -3.90. The molecular weight excluding hydrogens is 384 g/mol.